The molecule has 0 N–H and O–H groups in total. The maximum Gasteiger partial charge on any atom is 0.336 e. The molecule has 6 nitrogen and oxygen atoms in total. The maximum absolute atomic E-state index is 12.7. The molecule has 1 heterocycles. The van der Waals surface area contributed by atoms with E-state index in [-0.39, 0.29) is 0 Å². The van der Waals surface area contributed by atoms with E-state index in [1.165, 1.54) is 13.7 Å². The molecular weight excluding hydrogens is 330 g/mol. The van der Waals surface area contributed by atoms with E-state index in [1.54, 1.807) is 0 Å². The first-order valence-corrected chi connectivity index (χ1v) is 9.74. The standard InChI is InChI=1S/C20H33N3O3/c1-4-7-10-13-16-22-18(24)21(15-12-9-6-3)19(25)23(20(22)26)17-14-11-8-5-2/h4-5H,1-2,6-17H2,3H3. The summed E-state index contributed by atoms with van der Waals surface area (Å²) >= 11 is 0. The highest BCUT2D eigenvalue weighted by atomic mass is 16.2. The van der Waals surface area contributed by atoms with Crippen LogP contribution in [0, 0.1) is 0 Å². The molecule has 26 heavy (non-hydrogen) atoms. The molecule has 0 amide bonds. The van der Waals surface area contributed by atoms with E-state index in [0.29, 0.717) is 32.5 Å². The third kappa shape index (κ3) is 6.32. The molecule has 0 aliphatic carbocycles. The molecule has 6 heteroatoms. The van der Waals surface area contributed by atoms with Crippen molar-refractivity contribution in [3.63, 3.8) is 0 Å². The fourth-order valence-corrected chi connectivity index (χ4v) is 2.89. The van der Waals surface area contributed by atoms with Gasteiger partial charge in [0.15, 0.2) is 0 Å². The van der Waals surface area contributed by atoms with Gasteiger partial charge in [0, 0.05) is 19.6 Å². The third-order valence-electron chi connectivity index (χ3n) is 4.45. The van der Waals surface area contributed by atoms with Crippen LogP contribution >= 0.6 is 0 Å². The number of hydrogen-bond acceptors (Lipinski definition) is 3. The van der Waals surface area contributed by atoms with E-state index >= 15 is 0 Å². The average molecular weight is 364 g/mol. The average Bonchev–Trinajstić information content (AvgIpc) is 2.63. The Labute approximate surface area is 155 Å². The fraction of sp³-hybridized carbons (Fsp3) is 0.650. The summed E-state index contributed by atoms with van der Waals surface area (Å²) in [6.07, 6.45) is 11.2. The molecule has 0 fully saturated rings. The summed E-state index contributed by atoms with van der Waals surface area (Å²) in [6.45, 7) is 10.5. The second-order valence-electron chi connectivity index (χ2n) is 6.58. The van der Waals surface area contributed by atoms with E-state index in [4.69, 9.17) is 0 Å². The summed E-state index contributed by atoms with van der Waals surface area (Å²) < 4.78 is 3.69. The Morgan fingerprint density at radius 2 is 1.00 bits per heavy atom. The molecule has 0 aromatic carbocycles. The summed E-state index contributed by atoms with van der Waals surface area (Å²) in [7, 11) is 0. The van der Waals surface area contributed by atoms with Crippen molar-refractivity contribution >= 4 is 0 Å². The first-order chi connectivity index (χ1) is 12.6. The highest BCUT2D eigenvalue weighted by Crippen LogP contribution is 1.99. The van der Waals surface area contributed by atoms with Crippen LogP contribution in [0.5, 0.6) is 0 Å². The molecular formula is C20H33N3O3. The molecule has 1 aromatic rings. The zero-order valence-electron chi connectivity index (χ0n) is 16.1. The molecule has 146 valence electrons. The van der Waals surface area contributed by atoms with Gasteiger partial charge in [-0.3, -0.25) is 0 Å². The Morgan fingerprint density at radius 3 is 1.31 bits per heavy atom. The quantitative estimate of drug-likeness (QED) is 0.377. The summed E-state index contributed by atoms with van der Waals surface area (Å²) in [6, 6.07) is 0. The first kappa shape index (κ1) is 21.9. The van der Waals surface area contributed by atoms with Crippen molar-refractivity contribution in [2.24, 2.45) is 0 Å². The summed E-state index contributed by atoms with van der Waals surface area (Å²) in [5.74, 6) is 0. The topological polar surface area (TPSA) is 66.0 Å². The van der Waals surface area contributed by atoms with Crippen molar-refractivity contribution < 1.29 is 0 Å². The fourth-order valence-electron chi connectivity index (χ4n) is 2.89. The maximum atomic E-state index is 12.7. The van der Waals surface area contributed by atoms with E-state index in [1.807, 2.05) is 12.2 Å². The van der Waals surface area contributed by atoms with E-state index in [0.717, 1.165) is 44.9 Å². The smallest absolute Gasteiger partial charge is 0.247 e. The number of allylic oxidation sites excluding steroid dienone is 2. The predicted octanol–water partition coefficient (Wildman–Crippen LogP) is 3.07. The molecule has 0 unspecified atom stereocenters. The SMILES string of the molecule is C=CCCCCn1c(=O)n(CCCCC)c(=O)n(CCCCC=C)c1=O. The number of nitrogens with zero attached hydrogens (tertiary/aromatic N) is 3. The van der Waals surface area contributed by atoms with Crippen molar-refractivity contribution in [1.82, 2.24) is 13.7 Å². The Hall–Kier alpha value is -2.11. The molecule has 1 aromatic heterocycles. The van der Waals surface area contributed by atoms with Crippen LogP contribution in [0.15, 0.2) is 39.7 Å². The summed E-state index contributed by atoms with van der Waals surface area (Å²) in [4.78, 5) is 38.0. The van der Waals surface area contributed by atoms with E-state index < -0.39 is 17.1 Å². The minimum absolute atomic E-state index is 0.340. The van der Waals surface area contributed by atoms with Gasteiger partial charge in [0.25, 0.3) is 0 Å². The number of rotatable bonds is 14. The van der Waals surface area contributed by atoms with Crippen LogP contribution in [0.4, 0.5) is 0 Å². The molecule has 0 radical (unpaired) electrons. The Balaban J connectivity index is 3.15. The molecule has 0 saturated heterocycles. The van der Waals surface area contributed by atoms with Gasteiger partial charge in [-0.1, -0.05) is 31.9 Å². The lowest BCUT2D eigenvalue weighted by atomic mass is 10.2. The lowest BCUT2D eigenvalue weighted by Gasteiger charge is -2.14. The van der Waals surface area contributed by atoms with Crippen LogP contribution in [0.3, 0.4) is 0 Å². The van der Waals surface area contributed by atoms with Gasteiger partial charge in [-0.05, 0) is 44.9 Å². The molecule has 0 aliphatic rings. The van der Waals surface area contributed by atoms with Gasteiger partial charge in [-0.25, -0.2) is 28.1 Å². The zero-order chi connectivity index (χ0) is 19.4. The van der Waals surface area contributed by atoms with Gasteiger partial charge < -0.3 is 0 Å². The van der Waals surface area contributed by atoms with Gasteiger partial charge >= 0.3 is 17.1 Å². The molecule has 0 spiro atoms. The van der Waals surface area contributed by atoms with Crippen molar-refractivity contribution in [2.75, 3.05) is 0 Å². The van der Waals surface area contributed by atoms with E-state index in [2.05, 4.69) is 20.1 Å². The monoisotopic (exact) mass is 363 g/mol. The van der Waals surface area contributed by atoms with Crippen LogP contribution in [0.25, 0.3) is 0 Å². The van der Waals surface area contributed by atoms with Gasteiger partial charge in [-0.2, -0.15) is 0 Å². The minimum atomic E-state index is -0.482. The Kier molecular flexibility index (Phi) is 10.4. The van der Waals surface area contributed by atoms with Crippen LogP contribution in [0.2, 0.25) is 0 Å². The highest BCUT2D eigenvalue weighted by molar-refractivity contribution is 4.80. The van der Waals surface area contributed by atoms with Crippen molar-refractivity contribution in [3.05, 3.63) is 56.8 Å². The summed E-state index contributed by atoms with van der Waals surface area (Å²) in [5, 5.41) is 0. The summed E-state index contributed by atoms with van der Waals surface area (Å²) in [5.41, 5.74) is -1.43. The van der Waals surface area contributed by atoms with Crippen LogP contribution in [-0.2, 0) is 19.6 Å². The molecule has 0 bridgehead atoms. The normalized spacial score (nSPS) is 10.8. The number of unbranched alkanes of at least 4 members (excludes halogenated alkanes) is 6. The lowest BCUT2D eigenvalue weighted by molar-refractivity contribution is 0.418. The molecule has 1 rings (SSSR count). The highest BCUT2D eigenvalue weighted by Gasteiger charge is 2.14. The minimum Gasteiger partial charge on any atom is -0.247 e. The van der Waals surface area contributed by atoms with Crippen LogP contribution in [0.1, 0.15) is 64.7 Å². The second-order valence-corrected chi connectivity index (χ2v) is 6.58. The van der Waals surface area contributed by atoms with Crippen LogP contribution < -0.4 is 17.1 Å². The van der Waals surface area contributed by atoms with Crippen molar-refractivity contribution in [1.29, 1.82) is 0 Å². The molecule has 0 atom stereocenters. The van der Waals surface area contributed by atoms with Crippen molar-refractivity contribution in [2.45, 2.75) is 84.3 Å². The van der Waals surface area contributed by atoms with Crippen molar-refractivity contribution in [3.8, 4) is 0 Å². The van der Waals surface area contributed by atoms with Gasteiger partial charge in [0.05, 0.1) is 0 Å². The second kappa shape index (κ2) is 12.3. The number of aromatic nitrogens is 3. The zero-order valence-corrected chi connectivity index (χ0v) is 16.1. The third-order valence-corrected chi connectivity index (χ3v) is 4.45. The van der Waals surface area contributed by atoms with Gasteiger partial charge in [0.1, 0.15) is 0 Å². The molecule has 0 saturated carbocycles. The Morgan fingerprint density at radius 1 is 0.654 bits per heavy atom. The Bertz CT molecular complexity index is 686. The van der Waals surface area contributed by atoms with Gasteiger partial charge in [-0.15, -0.1) is 13.2 Å². The largest absolute Gasteiger partial charge is 0.336 e. The number of hydrogen-bond donors (Lipinski definition) is 0. The molecule has 0 aliphatic heterocycles. The van der Waals surface area contributed by atoms with E-state index in [9.17, 15) is 14.4 Å². The predicted molar refractivity (Wildman–Crippen MR) is 107 cm³/mol. The van der Waals surface area contributed by atoms with Gasteiger partial charge in [0.2, 0.25) is 0 Å². The van der Waals surface area contributed by atoms with Crippen LogP contribution in [-0.4, -0.2) is 13.7 Å². The first-order valence-electron chi connectivity index (χ1n) is 9.74. The lowest BCUT2D eigenvalue weighted by Crippen LogP contribution is -2.54.